The highest BCUT2D eigenvalue weighted by Gasteiger charge is 2.47. The van der Waals surface area contributed by atoms with Gasteiger partial charge < -0.3 is 9.47 Å². The highest BCUT2D eigenvalue weighted by Crippen LogP contribution is 2.44. The molecular formula is C22H40O3. The van der Waals surface area contributed by atoms with Crippen molar-refractivity contribution in [2.24, 2.45) is 11.8 Å². The minimum atomic E-state index is -0.215. The number of unbranched alkanes of at least 4 members (excludes halogenated alkanes) is 1. The highest BCUT2D eigenvalue weighted by atomic mass is 16.5. The number of hydrogen-bond donors (Lipinski definition) is 0. The molecule has 3 nitrogen and oxygen atoms in total. The van der Waals surface area contributed by atoms with Crippen LogP contribution in [0.5, 0.6) is 0 Å². The third kappa shape index (κ3) is 6.67. The van der Waals surface area contributed by atoms with E-state index in [0.29, 0.717) is 24.9 Å². The lowest BCUT2D eigenvalue weighted by Crippen LogP contribution is -2.50. The van der Waals surface area contributed by atoms with Crippen LogP contribution in [0.4, 0.5) is 0 Å². The lowest BCUT2D eigenvalue weighted by Gasteiger charge is -2.45. The normalized spacial score (nSPS) is 32.0. The van der Waals surface area contributed by atoms with E-state index in [1.807, 2.05) is 0 Å². The van der Waals surface area contributed by atoms with Gasteiger partial charge in [0.15, 0.2) is 0 Å². The zero-order chi connectivity index (χ0) is 18.0. The molecule has 3 unspecified atom stereocenters. The number of Topliss-reactive ketones (excluding diaryl/α,β-unsaturated/α-hetero) is 1. The number of carbonyl (C=O) groups is 1. The number of rotatable bonds is 7. The number of ketones is 1. The maximum atomic E-state index is 12.9. The van der Waals surface area contributed by atoms with Gasteiger partial charge in [0, 0.05) is 18.9 Å². The Kier molecular flexibility index (Phi) is 9.47. The van der Waals surface area contributed by atoms with Crippen molar-refractivity contribution < 1.29 is 14.3 Å². The second-order valence-corrected chi connectivity index (χ2v) is 8.43. The molecule has 0 radical (unpaired) electrons. The van der Waals surface area contributed by atoms with Gasteiger partial charge in [0.05, 0.1) is 18.8 Å². The van der Waals surface area contributed by atoms with Crippen LogP contribution in [-0.4, -0.2) is 31.2 Å². The average molecular weight is 353 g/mol. The first-order valence-corrected chi connectivity index (χ1v) is 10.9. The maximum Gasteiger partial charge on any atom is 0.139 e. The summed E-state index contributed by atoms with van der Waals surface area (Å²) < 4.78 is 12.2. The molecule has 0 saturated heterocycles. The van der Waals surface area contributed by atoms with Crippen molar-refractivity contribution >= 4 is 5.78 Å². The van der Waals surface area contributed by atoms with Gasteiger partial charge in [-0.05, 0) is 31.6 Å². The molecule has 0 N–H and O–H groups in total. The minimum Gasteiger partial charge on any atom is -0.379 e. The van der Waals surface area contributed by atoms with Crippen LogP contribution >= 0.6 is 0 Å². The van der Waals surface area contributed by atoms with Crippen molar-refractivity contribution in [2.45, 2.75) is 103 Å². The highest BCUT2D eigenvalue weighted by molar-refractivity contribution is 5.83. The molecule has 3 heteroatoms. The SMILES string of the molecule is CCCCOCCOC12CCCCCCCCCC1C(=O)CC(C)C2. The van der Waals surface area contributed by atoms with Crippen molar-refractivity contribution in [3.05, 3.63) is 0 Å². The van der Waals surface area contributed by atoms with E-state index in [9.17, 15) is 4.79 Å². The van der Waals surface area contributed by atoms with Gasteiger partial charge in [-0.1, -0.05) is 65.2 Å². The lowest BCUT2D eigenvalue weighted by molar-refractivity contribution is -0.160. The molecule has 0 heterocycles. The molecule has 0 aromatic carbocycles. The van der Waals surface area contributed by atoms with E-state index < -0.39 is 0 Å². The molecule has 0 aliphatic heterocycles. The van der Waals surface area contributed by atoms with E-state index in [-0.39, 0.29) is 11.5 Å². The van der Waals surface area contributed by atoms with Gasteiger partial charge in [-0.3, -0.25) is 4.79 Å². The fourth-order valence-corrected chi connectivity index (χ4v) is 4.82. The van der Waals surface area contributed by atoms with Crippen LogP contribution in [0.2, 0.25) is 0 Å². The van der Waals surface area contributed by atoms with Crippen LogP contribution < -0.4 is 0 Å². The van der Waals surface area contributed by atoms with Gasteiger partial charge in [-0.15, -0.1) is 0 Å². The first kappa shape index (κ1) is 20.9. The Bertz CT molecular complexity index is 381. The fraction of sp³-hybridized carbons (Fsp3) is 0.955. The first-order chi connectivity index (χ1) is 12.2. The summed E-state index contributed by atoms with van der Waals surface area (Å²) >= 11 is 0. The number of carbonyl (C=O) groups excluding carboxylic acids is 1. The van der Waals surface area contributed by atoms with Crippen LogP contribution in [-0.2, 0) is 14.3 Å². The molecule has 2 aliphatic carbocycles. The molecule has 25 heavy (non-hydrogen) atoms. The van der Waals surface area contributed by atoms with Gasteiger partial charge in [0.2, 0.25) is 0 Å². The Morgan fingerprint density at radius 3 is 2.48 bits per heavy atom. The van der Waals surface area contributed by atoms with Crippen LogP contribution in [0.25, 0.3) is 0 Å². The van der Waals surface area contributed by atoms with Gasteiger partial charge >= 0.3 is 0 Å². The van der Waals surface area contributed by atoms with Crippen LogP contribution in [0.3, 0.4) is 0 Å². The summed E-state index contributed by atoms with van der Waals surface area (Å²) in [6.45, 7) is 6.53. The van der Waals surface area contributed by atoms with E-state index in [0.717, 1.165) is 38.7 Å². The summed E-state index contributed by atoms with van der Waals surface area (Å²) in [7, 11) is 0. The summed E-state index contributed by atoms with van der Waals surface area (Å²) in [5, 5.41) is 0. The summed E-state index contributed by atoms with van der Waals surface area (Å²) in [6, 6.07) is 0. The lowest BCUT2D eigenvalue weighted by atomic mass is 9.66. The summed E-state index contributed by atoms with van der Waals surface area (Å²) in [4.78, 5) is 12.9. The number of fused-ring (bicyclic) bond motifs is 1. The Morgan fingerprint density at radius 2 is 1.72 bits per heavy atom. The Labute approximate surface area is 155 Å². The zero-order valence-corrected chi connectivity index (χ0v) is 16.7. The quantitative estimate of drug-likeness (QED) is 0.551. The third-order valence-electron chi connectivity index (χ3n) is 6.12. The molecule has 0 aromatic rings. The predicted octanol–water partition coefficient (Wildman–Crippen LogP) is 5.70. The zero-order valence-electron chi connectivity index (χ0n) is 16.7. The molecule has 0 amide bonds. The second-order valence-electron chi connectivity index (χ2n) is 8.43. The molecule has 2 rings (SSSR count). The van der Waals surface area contributed by atoms with Gasteiger partial charge in [-0.2, -0.15) is 0 Å². The fourth-order valence-electron chi connectivity index (χ4n) is 4.82. The van der Waals surface area contributed by atoms with E-state index >= 15 is 0 Å². The second kappa shape index (κ2) is 11.3. The molecule has 0 spiro atoms. The van der Waals surface area contributed by atoms with Gasteiger partial charge in [0.25, 0.3) is 0 Å². The van der Waals surface area contributed by atoms with E-state index in [1.54, 1.807) is 0 Å². The molecule has 2 fully saturated rings. The summed E-state index contributed by atoms with van der Waals surface area (Å²) in [5.74, 6) is 1.04. The van der Waals surface area contributed by atoms with Crippen molar-refractivity contribution in [1.82, 2.24) is 0 Å². The van der Waals surface area contributed by atoms with Gasteiger partial charge in [0.1, 0.15) is 5.78 Å². The number of ether oxygens (including phenoxy) is 2. The van der Waals surface area contributed by atoms with Crippen LogP contribution in [0, 0.1) is 11.8 Å². The molecule has 2 saturated carbocycles. The maximum absolute atomic E-state index is 12.9. The van der Waals surface area contributed by atoms with E-state index in [4.69, 9.17) is 9.47 Å². The minimum absolute atomic E-state index is 0.123. The average Bonchev–Trinajstić information content (AvgIpc) is 2.62. The predicted molar refractivity (Wildman–Crippen MR) is 103 cm³/mol. The topological polar surface area (TPSA) is 35.5 Å². The van der Waals surface area contributed by atoms with Crippen molar-refractivity contribution in [2.75, 3.05) is 19.8 Å². The molecule has 146 valence electrons. The molecule has 0 aromatic heterocycles. The van der Waals surface area contributed by atoms with E-state index in [2.05, 4.69) is 13.8 Å². The Hall–Kier alpha value is -0.410. The summed E-state index contributed by atoms with van der Waals surface area (Å²) in [6.07, 6.45) is 15.1. The molecule has 3 atom stereocenters. The van der Waals surface area contributed by atoms with E-state index in [1.165, 1.54) is 51.4 Å². The molecule has 2 aliphatic rings. The Morgan fingerprint density at radius 1 is 1.00 bits per heavy atom. The largest absolute Gasteiger partial charge is 0.379 e. The van der Waals surface area contributed by atoms with Crippen molar-refractivity contribution in [3.8, 4) is 0 Å². The Balaban J connectivity index is 2.00. The monoisotopic (exact) mass is 352 g/mol. The smallest absolute Gasteiger partial charge is 0.139 e. The third-order valence-corrected chi connectivity index (χ3v) is 6.12. The van der Waals surface area contributed by atoms with Crippen molar-refractivity contribution in [1.29, 1.82) is 0 Å². The van der Waals surface area contributed by atoms with Crippen LogP contribution in [0.15, 0.2) is 0 Å². The number of hydrogen-bond acceptors (Lipinski definition) is 3. The molecular weight excluding hydrogens is 312 g/mol. The summed E-state index contributed by atoms with van der Waals surface area (Å²) in [5.41, 5.74) is -0.215. The first-order valence-electron chi connectivity index (χ1n) is 10.9. The van der Waals surface area contributed by atoms with Gasteiger partial charge in [-0.25, -0.2) is 0 Å². The standard InChI is InChI=1S/C22H40O3/c1-3-4-14-24-15-16-25-22-13-11-9-7-5-6-8-10-12-20(22)21(23)17-19(2)18-22/h19-20H,3-18H2,1-2H3. The van der Waals surface area contributed by atoms with Crippen molar-refractivity contribution in [3.63, 3.8) is 0 Å². The molecule has 0 bridgehead atoms. The van der Waals surface area contributed by atoms with Crippen LogP contribution in [0.1, 0.15) is 97.3 Å².